The van der Waals surface area contributed by atoms with E-state index in [0.717, 1.165) is 23.5 Å². The molecule has 0 unspecified atom stereocenters. The van der Waals surface area contributed by atoms with Crippen molar-refractivity contribution < 1.29 is 4.79 Å². The molecule has 0 bridgehead atoms. The zero-order valence-electron chi connectivity index (χ0n) is 12.7. The van der Waals surface area contributed by atoms with E-state index in [1.165, 1.54) is 24.2 Å². The highest BCUT2D eigenvalue weighted by Gasteiger charge is 2.27. The van der Waals surface area contributed by atoms with Crippen molar-refractivity contribution in [3.05, 3.63) is 23.0 Å². The monoisotopic (exact) mass is 320 g/mol. The highest BCUT2D eigenvalue weighted by atomic mass is 32.1. The summed E-state index contributed by atoms with van der Waals surface area (Å²) in [5.41, 5.74) is 1.01. The minimum absolute atomic E-state index is 0.0591. The lowest BCUT2D eigenvalue weighted by Crippen LogP contribution is -2.32. The first-order chi connectivity index (χ1) is 10.7. The Hall–Kier alpha value is -1.96. The molecule has 2 N–H and O–H groups in total. The van der Waals surface area contributed by atoms with Crippen molar-refractivity contribution in [2.45, 2.75) is 51.6 Å². The van der Waals surface area contributed by atoms with Crippen molar-refractivity contribution >= 4 is 22.5 Å². The largest absolute Gasteiger partial charge is 0.331 e. The molecule has 118 valence electrons. The summed E-state index contributed by atoms with van der Waals surface area (Å²) < 4.78 is 1.85. The van der Waals surface area contributed by atoms with Crippen molar-refractivity contribution in [1.29, 1.82) is 0 Å². The molecule has 7 nitrogen and oxygen atoms in total. The van der Waals surface area contributed by atoms with Crippen LogP contribution in [0.2, 0.25) is 0 Å². The molecule has 3 rings (SSSR count). The van der Waals surface area contributed by atoms with E-state index in [4.69, 9.17) is 0 Å². The summed E-state index contributed by atoms with van der Waals surface area (Å²) in [5.74, 6) is 0.555. The third-order valence-corrected chi connectivity index (χ3v) is 4.68. The van der Waals surface area contributed by atoms with Gasteiger partial charge in [-0.1, -0.05) is 18.3 Å². The molecule has 0 saturated heterocycles. The first-order valence-electron chi connectivity index (χ1n) is 7.62. The third-order valence-electron chi connectivity index (χ3n) is 3.68. The van der Waals surface area contributed by atoms with Crippen molar-refractivity contribution in [3.63, 3.8) is 0 Å². The lowest BCUT2D eigenvalue weighted by molar-refractivity contribution is 0.248. The van der Waals surface area contributed by atoms with Gasteiger partial charge in [0.25, 0.3) is 0 Å². The molecule has 8 heteroatoms. The summed E-state index contributed by atoms with van der Waals surface area (Å²) in [4.78, 5) is 12.1. The van der Waals surface area contributed by atoms with Gasteiger partial charge in [0.05, 0.1) is 12.2 Å². The highest BCUT2D eigenvalue weighted by molar-refractivity contribution is 7.15. The fourth-order valence-corrected chi connectivity index (χ4v) is 3.13. The topological polar surface area (TPSA) is 84.7 Å². The molecule has 2 heterocycles. The molecule has 0 aliphatic heterocycles. The van der Waals surface area contributed by atoms with Gasteiger partial charge in [-0.3, -0.25) is 10.00 Å². The molecular weight excluding hydrogens is 300 g/mol. The van der Waals surface area contributed by atoms with Crippen molar-refractivity contribution in [3.8, 4) is 0 Å². The Morgan fingerprint density at radius 3 is 2.91 bits per heavy atom. The second-order valence-electron chi connectivity index (χ2n) is 5.41. The Bertz CT molecular complexity index is 647. The zero-order chi connectivity index (χ0) is 15.5. The van der Waals surface area contributed by atoms with Crippen molar-refractivity contribution in [2.75, 3.05) is 5.32 Å². The number of anilines is 1. The van der Waals surface area contributed by atoms with E-state index in [9.17, 15) is 4.79 Å². The molecule has 1 aliphatic carbocycles. The van der Waals surface area contributed by atoms with Crippen LogP contribution in [0.5, 0.6) is 0 Å². The van der Waals surface area contributed by atoms with E-state index in [2.05, 4.69) is 25.9 Å². The number of nitrogens with zero attached hydrogens (tertiary/aromatic N) is 4. The average molecular weight is 320 g/mol. The lowest BCUT2D eigenvalue weighted by atomic mass is 10.1. The molecule has 1 saturated carbocycles. The van der Waals surface area contributed by atoms with Crippen molar-refractivity contribution in [2.24, 2.45) is 0 Å². The molecule has 0 aromatic carbocycles. The minimum Gasteiger partial charge on any atom is -0.331 e. The number of aromatic nitrogens is 4. The summed E-state index contributed by atoms with van der Waals surface area (Å²) in [6, 6.07) is -0.314. The van der Waals surface area contributed by atoms with Crippen LogP contribution in [0.1, 0.15) is 55.6 Å². The SMILES string of the molecule is CC[C@H](NC(=O)Nc1nnc(C2CC2)s1)c1cnn(CC)c1. The van der Waals surface area contributed by atoms with Gasteiger partial charge in [0.2, 0.25) is 5.13 Å². The fraction of sp³-hybridized carbons (Fsp3) is 0.571. The fourth-order valence-electron chi connectivity index (χ4n) is 2.23. The van der Waals surface area contributed by atoms with Gasteiger partial charge in [-0.25, -0.2) is 4.79 Å². The maximum Gasteiger partial charge on any atom is 0.321 e. The van der Waals surface area contributed by atoms with E-state index >= 15 is 0 Å². The first-order valence-corrected chi connectivity index (χ1v) is 8.44. The van der Waals surface area contributed by atoms with Crippen LogP contribution in [-0.4, -0.2) is 26.0 Å². The maximum atomic E-state index is 12.1. The third kappa shape index (κ3) is 3.44. The number of nitrogens with one attached hydrogen (secondary N) is 2. The standard InChI is InChI=1S/C14H20N6OS/c1-3-11(10-7-15-20(4-2)8-10)16-13(21)17-14-19-18-12(22-14)9-5-6-9/h7-9,11H,3-6H2,1-2H3,(H2,16,17,19,21)/t11-/m0/s1. The van der Waals surface area contributed by atoms with Crippen LogP contribution in [0.25, 0.3) is 0 Å². The van der Waals surface area contributed by atoms with Crippen LogP contribution in [0.3, 0.4) is 0 Å². The van der Waals surface area contributed by atoms with Gasteiger partial charge in [-0.15, -0.1) is 10.2 Å². The van der Waals surface area contributed by atoms with Crippen LogP contribution in [-0.2, 0) is 6.54 Å². The zero-order valence-corrected chi connectivity index (χ0v) is 13.6. The Kier molecular flexibility index (Phi) is 4.37. The number of urea groups is 1. The van der Waals surface area contributed by atoms with Gasteiger partial charge in [0.1, 0.15) is 5.01 Å². The van der Waals surface area contributed by atoms with Gasteiger partial charge in [0, 0.05) is 24.2 Å². The van der Waals surface area contributed by atoms with Gasteiger partial charge >= 0.3 is 6.03 Å². The lowest BCUT2D eigenvalue weighted by Gasteiger charge is -2.15. The summed E-state index contributed by atoms with van der Waals surface area (Å²) in [6.07, 6.45) is 6.92. The van der Waals surface area contributed by atoms with Gasteiger partial charge < -0.3 is 5.32 Å². The normalized spacial score (nSPS) is 15.5. The predicted octanol–water partition coefficient (Wildman–Crippen LogP) is 2.90. The van der Waals surface area contributed by atoms with E-state index in [-0.39, 0.29) is 12.1 Å². The Morgan fingerprint density at radius 1 is 1.45 bits per heavy atom. The molecule has 1 fully saturated rings. The van der Waals surface area contributed by atoms with Gasteiger partial charge in [-0.05, 0) is 26.2 Å². The number of hydrogen-bond acceptors (Lipinski definition) is 5. The van der Waals surface area contributed by atoms with E-state index in [1.54, 1.807) is 6.20 Å². The molecule has 22 heavy (non-hydrogen) atoms. The van der Waals surface area contributed by atoms with E-state index in [1.807, 2.05) is 24.7 Å². The highest BCUT2D eigenvalue weighted by Crippen LogP contribution is 2.42. The van der Waals surface area contributed by atoms with E-state index < -0.39 is 0 Å². The Labute approximate surface area is 133 Å². The number of carbonyl (C=O) groups is 1. The van der Waals surface area contributed by atoms with Crippen LogP contribution in [0.15, 0.2) is 12.4 Å². The first kappa shape index (κ1) is 15.0. The second kappa shape index (κ2) is 6.43. The maximum absolute atomic E-state index is 12.1. The molecule has 0 spiro atoms. The van der Waals surface area contributed by atoms with Gasteiger partial charge in [0.15, 0.2) is 0 Å². The number of amides is 2. The summed E-state index contributed by atoms with van der Waals surface area (Å²) >= 11 is 1.46. The van der Waals surface area contributed by atoms with Crippen molar-refractivity contribution in [1.82, 2.24) is 25.3 Å². The molecule has 2 amide bonds. The molecule has 0 radical (unpaired) electrons. The number of rotatable bonds is 6. The van der Waals surface area contributed by atoms with E-state index in [0.29, 0.717) is 11.0 Å². The average Bonchev–Trinajstić information content (AvgIpc) is 3.08. The molecule has 2 aromatic rings. The Morgan fingerprint density at radius 2 is 2.27 bits per heavy atom. The molecule has 2 aromatic heterocycles. The minimum atomic E-state index is -0.255. The number of hydrogen-bond donors (Lipinski definition) is 2. The smallest absolute Gasteiger partial charge is 0.321 e. The van der Waals surface area contributed by atoms with Gasteiger partial charge in [-0.2, -0.15) is 5.10 Å². The summed E-state index contributed by atoms with van der Waals surface area (Å²) in [7, 11) is 0. The Balaban J connectivity index is 1.58. The quantitative estimate of drug-likeness (QED) is 0.857. The molecular formula is C14H20N6OS. The number of carbonyl (C=O) groups excluding carboxylic acids is 1. The van der Waals surface area contributed by atoms with Crippen LogP contribution < -0.4 is 10.6 Å². The van der Waals surface area contributed by atoms with Crippen LogP contribution in [0.4, 0.5) is 9.93 Å². The predicted molar refractivity (Wildman–Crippen MR) is 85.0 cm³/mol. The second-order valence-corrected chi connectivity index (χ2v) is 6.42. The van der Waals surface area contributed by atoms with Crippen LogP contribution in [0, 0.1) is 0 Å². The molecule has 1 atom stereocenters. The molecule has 1 aliphatic rings. The van der Waals surface area contributed by atoms with Crippen LogP contribution >= 0.6 is 11.3 Å². The number of aryl methyl sites for hydroxylation is 1. The summed E-state index contributed by atoms with van der Waals surface area (Å²) in [5, 5.41) is 19.7. The summed E-state index contributed by atoms with van der Waals surface area (Å²) in [6.45, 7) is 4.88.